The normalized spacial score (nSPS) is 16.0. The molecule has 1 N–H and O–H groups in total. The summed E-state index contributed by atoms with van der Waals surface area (Å²) < 4.78 is 10.6. The van der Waals surface area contributed by atoms with Crippen LogP contribution < -0.4 is 5.32 Å². The first-order chi connectivity index (χ1) is 12.2. The third kappa shape index (κ3) is 4.25. The lowest BCUT2D eigenvalue weighted by molar-refractivity contribution is -0.130. The number of amides is 1. The highest BCUT2D eigenvalue weighted by Crippen LogP contribution is 2.20. The van der Waals surface area contributed by atoms with Crippen molar-refractivity contribution in [2.24, 2.45) is 0 Å². The molecule has 5 nitrogen and oxygen atoms in total. The zero-order chi connectivity index (χ0) is 17.6. The highest BCUT2D eigenvalue weighted by atomic mass is 16.5. The van der Waals surface area contributed by atoms with Crippen molar-refractivity contribution in [3.63, 3.8) is 0 Å². The molecule has 0 saturated heterocycles. The zero-order valence-electron chi connectivity index (χ0n) is 14.2. The third-order valence-electron chi connectivity index (χ3n) is 4.15. The lowest BCUT2D eigenvalue weighted by Gasteiger charge is -2.23. The first-order valence-electron chi connectivity index (χ1n) is 8.39. The number of carbonyl (C=O) groups excluding carboxylic acids is 2. The minimum atomic E-state index is -0.778. The van der Waals surface area contributed by atoms with Crippen LogP contribution in [0.1, 0.15) is 34.0 Å². The number of hydrogen-bond acceptors (Lipinski definition) is 4. The van der Waals surface area contributed by atoms with Gasteiger partial charge in [0.1, 0.15) is 0 Å². The molecule has 0 aromatic heterocycles. The summed E-state index contributed by atoms with van der Waals surface area (Å²) in [5, 5.41) is 2.84. The first kappa shape index (κ1) is 17.2. The second-order valence-electron chi connectivity index (χ2n) is 5.93. The molecule has 130 valence electrons. The molecule has 0 bridgehead atoms. The quantitative estimate of drug-likeness (QED) is 0.822. The minimum absolute atomic E-state index is 0.277. The molecule has 1 atom stereocenters. The number of hydrogen-bond donors (Lipinski definition) is 1. The van der Waals surface area contributed by atoms with E-state index >= 15 is 0 Å². The summed E-state index contributed by atoms with van der Waals surface area (Å²) in [6.45, 7) is 3.62. The molecule has 25 heavy (non-hydrogen) atoms. The Kier molecular flexibility index (Phi) is 5.46. The van der Waals surface area contributed by atoms with Gasteiger partial charge in [0.25, 0.3) is 5.91 Å². The van der Waals surface area contributed by atoms with Crippen LogP contribution >= 0.6 is 0 Å². The zero-order valence-corrected chi connectivity index (χ0v) is 14.2. The molecule has 5 heteroatoms. The minimum Gasteiger partial charge on any atom is -0.448 e. The van der Waals surface area contributed by atoms with E-state index in [9.17, 15) is 9.59 Å². The molecule has 1 heterocycles. The van der Waals surface area contributed by atoms with Gasteiger partial charge < -0.3 is 14.8 Å². The van der Waals surface area contributed by atoms with Crippen LogP contribution in [-0.4, -0.2) is 24.6 Å². The fourth-order valence-electron chi connectivity index (χ4n) is 2.75. The highest BCUT2D eigenvalue weighted by Gasteiger charge is 2.30. The van der Waals surface area contributed by atoms with Gasteiger partial charge in [-0.3, -0.25) is 4.79 Å². The van der Waals surface area contributed by atoms with E-state index in [0.29, 0.717) is 31.7 Å². The Balaban J connectivity index is 1.55. The fraction of sp³-hybridized carbons (Fsp3) is 0.300. The van der Waals surface area contributed by atoms with Crippen molar-refractivity contribution >= 4 is 11.9 Å². The van der Waals surface area contributed by atoms with Gasteiger partial charge in [0, 0.05) is 19.6 Å². The molecule has 0 radical (unpaired) electrons. The van der Waals surface area contributed by atoms with Crippen molar-refractivity contribution in [3.8, 4) is 0 Å². The largest absolute Gasteiger partial charge is 0.448 e. The molecule has 0 unspecified atom stereocenters. The summed E-state index contributed by atoms with van der Waals surface area (Å²) in [6, 6.07) is 15.1. The summed E-state index contributed by atoms with van der Waals surface area (Å²) in [5.74, 6) is -0.719. The van der Waals surface area contributed by atoms with Crippen LogP contribution in [0.15, 0.2) is 48.5 Å². The Labute approximate surface area is 147 Å². The standard InChI is InChI=1S/C20H21NO4/c1-2-24-13-15-9-7-14(8-10-15)12-21-19(22)18-11-16-5-3-4-6-17(16)20(23)25-18/h3-10,18H,2,11-13H2,1H3,(H,21,22)/t18-/m0/s1. The van der Waals surface area contributed by atoms with E-state index in [1.807, 2.05) is 43.3 Å². The van der Waals surface area contributed by atoms with Gasteiger partial charge in [-0.1, -0.05) is 42.5 Å². The molecule has 0 fully saturated rings. The van der Waals surface area contributed by atoms with E-state index in [4.69, 9.17) is 9.47 Å². The maximum Gasteiger partial charge on any atom is 0.339 e. The van der Waals surface area contributed by atoms with E-state index in [-0.39, 0.29) is 5.91 Å². The third-order valence-corrected chi connectivity index (χ3v) is 4.15. The van der Waals surface area contributed by atoms with Crippen molar-refractivity contribution in [2.75, 3.05) is 6.61 Å². The monoisotopic (exact) mass is 339 g/mol. The van der Waals surface area contributed by atoms with Gasteiger partial charge in [-0.15, -0.1) is 0 Å². The molecule has 2 aromatic rings. The molecule has 1 aliphatic heterocycles. The number of rotatable bonds is 6. The van der Waals surface area contributed by atoms with Crippen molar-refractivity contribution in [3.05, 3.63) is 70.8 Å². The molecule has 1 amide bonds. The van der Waals surface area contributed by atoms with Crippen LogP contribution in [0.3, 0.4) is 0 Å². The predicted octanol–water partition coefficient (Wildman–Crippen LogP) is 2.62. The second-order valence-corrected chi connectivity index (χ2v) is 5.93. The van der Waals surface area contributed by atoms with Gasteiger partial charge in [0.05, 0.1) is 12.2 Å². The van der Waals surface area contributed by atoms with E-state index in [0.717, 1.165) is 16.7 Å². The number of carbonyl (C=O) groups is 2. The number of esters is 1. The number of ether oxygens (including phenoxy) is 2. The van der Waals surface area contributed by atoms with Gasteiger partial charge in [-0.2, -0.15) is 0 Å². The predicted molar refractivity (Wildman–Crippen MR) is 93.0 cm³/mol. The maximum atomic E-state index is 12.3. The Morgan fingerprint density at radius 2 is 1.88 bits per heavy atom. The average Bonchev–Trinajstić information content (AvgIpc) is 2.65. The molecule has 0 aliphatic carbocycles. The number of cyclic esters (lactones) is 1. The molecule has 0 spiro atoms. The Hall–Kier alpha value is -2.66. The van der Waals surface area contributed by atoms with E-state index in [1.165, 1.54) is 0 Å². The van der Waals surface area contributed by atoms with Crippen LogP contribution in [-0.2, 0) is 33.8 Å². The molecule has 2 aromatic carbocycles. The van der Waals surface area contributed by atoms with Crippen LogP contribution in [0, 0.1) is 0 Å². The lowest BCUT2D eigenvalue weighted by Crippen LogP contribution is -2.41. The SMILES string of the molecule is CCOCc1ccc(CNC(=O)[C@@H]2Cc3ccccc3C(=O)O2)cc1. The highest BCUT2D eigenvalue weighted by molar-refractivity contribution is 5.95. The van der Waals surface area contributed by atoms with Crippen molar-refractivity contribution in [1.29, 1.82) is 0 Å². The maximum absolute atomic E-state index is 12.3. The van der Waals surface area contributed by atoms with Gasteiger partial charge in [-0.05, 0) is 29.7 Å². The van der Waals surface area contributed by atoms with Crippen LogP contribution in [0.4, 0.5) is 0 Å². The van der Waals surface area contributed by atoms with Gasteiger partial charge in [0.2, 0.25) is 0 Å². The van der Waals surface area contributed by atoms with E-state index in [1.54, 1.807) is 12.1 Å². The van der Waals surface area contributed by atoms with Crippen molar-refractivity contribution in [1.82, 2.24) is 5.32 Å². The summed E-state index contributed by atoms with van der Waals surface area (Å²) in [4.78, 5) is 24.3. The van der Waals surface area contributed by atoms with Gasteiger partial charge in [-0.25, -0.2) is 4.79 Å². The van der Waals surface area contributed by atoms with Gasteiger partial charge in [0.15, 0.2) is 6.10 Å². The number of nitrogens with one attached hydrogen (secondary N) is 1. The lowest BCUT2D eigenvalue weighted by atomic mass is 9.98. The smallest absolute Gasteiger partial charge is 0.339 e. The van der Waals surface area contributed by atoms with Crippen molar-refractivity contribution < 1.29 is 19.1 Å². The summed E-state index contributed by atoms with van der Waals surface area (Å²) in [5.41, 5.74) is 3.46. The summed E-state index contributed by atoms with van der Waals surface area (Å²) in [7, 11) is 0. The van der Waals surface area contributed by atoms with Gasteiger partial charge >= 0.3 is 5.97 Å². The van der Waals surface area contributed by atoms with Crippen LogP contribution in [0.25, 0.3) is 0 Å². The second kappa shape index (κ2) is 7.94. The van der Waals surface area contributed by atoms with E-state index in [2.05, 4.69) is 5.32 Å². The summed E-state index contributed by atoms with van der Waals surface area (Å²) >= 11 is 0. The number of fused-ring (bicyclic) bond motifs is 1. The Morgan fingerprint density at radius 3 is 2.64 bits per heavy atom. The molecule has 1 aliphatic rings. The van der Waals surface area contributed by atoms with Crippen molar-refractivity contribution in [2.45, 2.75) is 32.6 Å². The fourth-order valence-corrected chi connectivity index (χ4v) is 2.75. The Morgan fingerprint density at radius 1 is 1.16 bits per heavy atom. The summed E-state index contributed by atoms with van der Waals surface area (Å²) in [6.07, 6.45) is -0.374. The first-order valence-corrected chi connectivity index (χ1v) is 8.39. The van der Waals surface area contributed by atoms with Crippen LogP contribution in [0.5, 0.6) is 0 Å². The molecule has 0 saturated carbocycles. The molecular weight excluding hydrogens is 318 g/mol. The topological polar surface area (TPSA) is 64.6 Å². The average molecular weight is 339 g/mol. The van der Waals surface area contributed by atoms with Crippen LogP contribution in [0.2, 0.25) is 0 Å². The van der Waals surface area contributed by atoms with E-state index < -0.39 is 12.1 Å². The Bertz CT molecular complexity index is 755. The molecular formula is C20H21NO4. The molecule has 3 rings (SSSR count). The number of benzene rings is 2.